The molecule has 0 aliphatic rings. The largest absolute Gasteiger partial charge is 0.483 e. The molecule has 0 aliphatic carbocycles. The Morgan fingerprint density at radius 3 is 2.55 bits per heavy atom. The van der Waals surface area contributed by atoms with Gasteiger partial charge in [0.2, 0.25) is 0 Å². The van der Waals surface area contributed by atoms with Crippen molar-refractivity contribution in [3.63, 3.8) is 0 Å². The number of nitrogens with one attached hydrogen (secondary N) is 1. The summed E-state index contributed by atoms with van der Waals surface area (Å²) in [6.07, 6.45) is 0. The lowest BCUT2D eigenvalue weighted by Crippen LogP contribution is -2.21. The molecular formula is C24H24ClNO4S. The Morgan fingerprint density at radius 1 is 1.13 bits per heavy atom. The first-order valence-electron chi connectivity index (χ1n) is 9.81. The van der Waals surface area contributed by atoms with E-state index in [1.54, 1.807) is 12.1 Å². The molecule has 1 amide bonds. The maximum Gasteiger partial charge on any atom is 0.341 e. The summed E-state index contributed by atoms with van der Waals surface area (Å²) >= 11 is 7.45. The minimum absolute atomic E-state index is 0.173. The Bertz CT molecular complexity index is 1110. The second kappa shape index (κ2) is 9.98. The van der Waals surface area contributed by atoms with Crippen molar-refractivity contribution in [2.75, 3.05) is 19.0 Å². The van der Waals surface area contributed by atoms with Crippen LogP contribution in [0.2, 0.25) is 5.02 Å². The van der Waals surface area contributed by atoms with Crippen LogP contribution >= 0.6 is 22.9 Å². The third-order valence-electron chi connectivity index (χ3n) is 4.74. The van der Waals surface area contributed by atoms with Gasteiger partial charge in [0.25, 0.3) is 5.91 Å². The topological polar surface area (TPSA) is 64.6 Å². The minimum Gasteiger partial charge on any atom is -0.483 e. The van der Waals surface area contributed by atoms with E-state index in [1.165, 1.54) is 18.4 Å². The molecule has 0 atom stereocenters. The molecule has 3 aromatic rings. The highest BCUT2D eigenvalue weighted by Crippen LogP contribution is 2.41. The highest BCUT2D eigenvalue weighted by atomic mass is 35.5. The van der Waals surface area contributed by atoms with Crippen molar-refractivity contribution < 1.29 is 19.1 Å². The second-order valence-corrected chi connectivity index (χ2v) is 8.93. The van der Waals surface area contributed by atoms with Crippen LogP contribution in [0.15, 0.2) is 48.5 Å². The zero-order valence-corrected chi connectivity index (χ0v) is 19.4. The number of carbonyl (C=O) groups is 2. The summed E-state index contributed by atoms with van der Waals surface area (Å²) in [5, 5.41) is 3.79. The summed E-state index contributed by atoms with van der Waals surface area (Å²) in [6, 6.07) is 14.9. The van der Waals surface area contributed by atoms with E-state index in [2.05, 4.69) is 19.2 Å². The number of rotatable bonds is 7. The molecule has 1 N–H and O–H groups in total. The summed E-state index contributed by atoms with van der Waals surface area (Å²) < 4.78 is 10.7. The van der Waals surface area contributed by atoms with E-state index >= 15 is 0 Å². The number of esters is 1. The van der Waals surface area contributed by atoms with E-state index in [0.717, 1.165) is 16.0 Å². The van der Waals surface area contributed by atoms with Gasteiger partial charge in [-0.15, -0.1) is 11.3 Å². The molecule has 0 spiro atoms. The quantitative estimate of drug-likeness (QED) is 0.422. The van der Waals surface area contributed by atoms with E-state index in [4.69, 9.17) is 21.1 Å². The standard InChI is InChI=1S/C24H24ClNO4S/c1-14(2)18-10-5-6-11-19(18)30-13-20(27)26-23-22(24(28)29-4)21(15(3)31-23)16-8-7-9-17(25)12-16/h5-12,14H,13H2,1-4H3,(H,26,27). The van der Waals surface area contributed by atoms with Gasteiger partial charge in [0.15, 0.2) is 6.61 Å². The Morgan fingerprint density at radius 2 is 1.87 bits per heavy atom. The molecule has 31 heavy (non-hydrogen) atoms. The van der Waals surface area contributed by atoms with Crippen LogP contribution in [0, 0.1) is 6.92 Å². The van der Waals surface area contributed by atoms with Gasteiger partial charge in [0, 0.05) is 15.5 Å². The highest BCUT2D eigenvalue weighted by Gasteiger charge is 2.25. The van der Waals surface area contributed by atoms with Gasteiger partial charge in [-0.2, -0.15) is 0 Å². The van der Waals surface area contributed by atoms with Crippen molar-refractivity contribution in [1.29, 1.82) is 0 Å². The molecular weight excluding hydrogens is 434 g/mol. The maximum atomic E-state index is 12.6. The number of carbonyl (C=O) groups excluding carboxylic acids is 2. The number of thiophene rings is 1. The fraction of sp³-hybridized carbons (Fsp3) is 0.250. The first-order chi connectivity index (χ1) is 14.8. The number of anilines is 1. The van der Waals surface area contributed by atoms with Crippen molar-refractivity contribution in [2.24, 2.45) is 0 Å². The average molecular weight is 458 g/mol. The smallest absolute Gasteiger partial charge is 0.341 e. The van der Waals surface area contributed by atoms with Gasteiger partial charge >= 0.3 is 5.97 Å². The molecule has 0 aliphatic heterocycles. The molecule has 2 aromatic carbocycles. The molecule has 0 bridgehead atoms. The summed E-state index contributed by atoms with van der Waals surface area (Å²) in [5.74, 6) is 0.0523. The normalized spacial score (nSPS) is 10.8. The molecule has 0 fully saturated rings. The predicted molar refractivity (Wildman–Crippen MR) is 125 cm³/mol. The lowest BCUT2D eigenvalue weighted by molar-refractivity contribution is -0.118. The third-order valence-corrected chi connectivity index (χ3v) is 6.00. The third kappa shape index (κ3) is 5.27. The highest BCUT2D eigenvalue weighted by molar-refractivity contribution is 7.17. The first-order valence-corrected chi connectivity index (χ1v) is 11.0. The lowest BCUT2D eigenvalue weighted by atomic mass is 10.0. The first kappa shape index (κ1) is 22.8. The predicted octanol–water partition coefficient (Wildman–Crippen LogP) is 6.30. The number of hydrogen-bond donors (Lipinski definition) is 1. The van der Waals surface area contributed by atoms with Crippen LogP contribution in [0.4, 0.5) is 5.00 Å². The van der Waals surface area contributed by atoms with Crippen LogP contribution in [0.5, 0.6) is 5.75 Å². The number of amides is 1. The van der Waals surface area contributed by atoms with Crippen molar-refractivity contribution in [3.05, 3.63) is 69.6 Å². The van der Waals surface area contributed by atoms with Crippen LogP contribution in [0.3, 0.4) is 0 Å². The Kier molecular flexibility index (Phi) is 7.36. The molecule has 1 heterocycles. The van der Waals surface area contributed by atoms with Crippen LogP contribution < -0.4 is 10.1 Å². The molecule has 7 heteroatoms. The Balaban J connectivity index is 1.85. The van der Waals surface area contributed by atoms with Crippen LogP contribution in [-0.4, -0.2) is 25.6 Å². The van der Waals surface area contributed by atoms with Crippen LogP contribution in [0.25, 0.3) is 11.1 Å². The number of methoxy groups -OCH3 is 1. The average Bonchev–Trinajstić information content (AvgIpc) is 3.07. The van der Waals surface area contributed by atoms with E-state index in [-0.39, 0.29) is 18.4 Å². The number of hydrogen-bond acceptors (Lipinski definition) is 5. The minimum atomic E-state index is -0.527. The molecule has 3 rings (SSSR count). The Hall–Kier alpha value is -2.83. The van der Waals surface area contributed by atoms with Crippen molar-refractivity contribution in [1.82, 2.24) is 0 Å². The number of aryl methyl sites for hydroxylation is 1. The van der Waals surface area contributed by atoms with Crippen molar-refractivity contribution in [2.45, 2.75) is 26.7 Å². The molecule has 0 radical (unpaired) electrons. The molecule has 5 nitrogen and oxygen atoms in total. The number of benzene rings is 2. The monoisotopic (exact) mass is 457 g/mol. The fourth-order valence-corrected chi connectivity index (χ4v) is 4.59. The van der Waals surface area contributed by atoms with Crippen molar-refractivity contribution >= 4 is 39.8 Å². The summed E-state index contributed by atoms with van der Waals surface area (Å²) in [7, 11) is 1.31. The zero-order chi connectivity index (χ0) is 22.5. The molecule has 0 unspecified atom stereocenters. The number of para-hydroxylation sites is 1. The maximum absolute atomic E-state index is 12.6. The van der Waals surface area contributed by atoms with Gasteiger partial charge in [0.1, 0.15) is 16.3 Å². The van der Waals surface area contributed by atoms with Crippen molar-refractivity contribution in [3.8, 4) is 16.9 Å². The van der Waals surface area contributed by atoms with Gasteiger partial charge < -0.3 is 14.8 Å². The second-order valence-electron chi connectivity index (χ2n) is 7.27. The van der Waals surface area contributed by atoms with Crippen LogP contribution in [-0.2, 0) is 9.53 Å². The van der Waals surface area contributed by atoms with Gasteiger partial charge in [-0.3, -0.25) is 4.79 Å². The van der Waals surface area contributed by atoms with Gasteiger partial charge in [-0.05, 0) is 42.2 Å². The summed E-state index contributed by atoms with van der Waals surface area (Å²) in [4.78, 5) is 26.1. The SMILES string of the molecule is COC(=O)c1c(NC(=O)COc2ccccc2C(C)C)sc(C)c1-c1cccc(Cl)c1. The fourth-order valence-electron chi connectivity index (χ4n) is 3.32. The van der Waals surface area contributed by atoms with Gasteiger partial charge in [0.05, 0.1) is 7.11 Å². The van der Waals surface area contributed by atoms with Crippen LogP contribution in [0.1, 0.15) is 40.6 Å². The van der Waals surface area contributed by atoms with E-state index in [1.807, 2.05) is 43.3 Å². The number of ether oxygens (including phenoxy) is 2. The number of halogens is 1. The molecule has 0 saturated carbocycles. The summed E-state index contributed by atoms with van der Waals surface area (Å²) in [5.41, 5.74) is 2.81. The summed E-state index contributed by atoms with van der Waals surface area (Å²) in [6.45, 7) is 5.85. The van der Waals surface area contributed by atoms with E-state index < -0.39 is 5.97 Å². The molecule has 162 valence electrons. The lowest BCUT2D eigenvalue weighted by Gasteiger charge is -2.13. The molecule has 0 saturated heterocycles. The Labute approximate surface area is 191 Å². The van der Waals surface area contributed by atoms with E-state index in [0.29, 0.717) is 26.9 Å². The zero-order valence-electron chi connectivity index (χ0n) is 17.8. The molecule has 1 aromatic heterocycles. The van der Waals surface area contributed by atoms with Gasteiger partial charge in [-0.1, -0.05) is 55.8 Å². The van der Waals surface area contributed by atoms with Gasteiger partial charge in [-0.25, -0.2) is 4.79 Å². The van der Waals surface area contributed by atoms with E-state index in [9.17, 15) is 9.59 Å².